The van der Waals surface area contributed by atoms with Gasteiger partial charge in [-0.15, -0.1) is 0 Å². The molecule has 0 amide bonds. The molecule has 0 aromatic carbocycles. The molecule has 0 atom stereocenters. The third-order valence-electron chi connectivity index (χ3n) is 2.18. The lowest BCUT2D eigenvalue weighted by molar-refractivity contribution is 0.205. The standard InChI is InChI=1S/C12H20BrN3O2/c1-10(2)18-11-4-6-14-12(15-11)16(7-5-13)8-9-17-3/h4,6,10H,5,7-9H2,1-3H3. The minimum absolute atomic E-state index is 0.108. The van der Waals surface area contributed by atoms with Crippen molar-refractivity contribution in [3.8, 4) is 5.88 Å². The van der Waals surface area contributed by atoms with E-state index in [0.29, 0.717) is 18.4 Å². The van der Waals surface area contributed by atoms with Crippen LogP contribution in [0.1, 0.15) is 13.8 Å². The molecule has 0 fully saturated rings. The van der Waals surface area contributed by atoms with Crippen LogP contribution in [0.15, 0.2) is 12.3 Å². The average molecular weight is 318 g/mol. The normalized spacial score (nSPS) is 10.7. The number of methoxy groups -OCH3 is 1. The van der Waals surface area contributed by atoms with Crippen LogP contribution in [-0.4, -0.2) is 48.2 Å². The highest BCUT2D eigenvalue weighted by Gasteiger charge is 2.10. The molecular formula is C12H20BrN3O2. The summed E-state index contributed by atoms with van der Waals surface area (Å²) in [6, 6.07) is 1.77. The van der Waals surface area contributed by atoms with Gasteiger partial charge in [0.1, 0.15) is 0 Å². The van der Waals surface area contributed by atoms with Crippen LogP contribution >= 0.6 is 15.9 Å². The van der Waals surface area contributed by atoms with E-state index in [9.17, 15) is 0 Å². The number of halogens is 1. The summed E-state index contributed by atoms with van der Waals surface area (Å²) in [5, 5.41) is 0.856. The van der Waals surface area contributed by atoms with Gasteiger partial charge in [0, 0.05) is 37.8 Å². The minimum Gasteiger partial charge on any atom is -0.475 e. The summed E-state index contributed by atoms with van der Waals surface area (Å²) >= 11 is 3.43. The van der Waals surface area contributed by atoms with Crippen LogP contribution in [0.3, 0.4) is 0 Å². The zero-order valence-corrected chi connectivity index (χ0v) is 12.7. The van der Waals surface area contributed by atoms with Crippen LogP contribution in [0, 0.1) is 0 Å². The fourth-order valence-corrected chi connectivity index (χ4v) is 1.84. The van der Waals surface area contributed by atoms with Gasteiger partial charge in [-0.3, -0.25) is 0 Å². The van der Waals surface area contributed by atoms with Crippen LogP contribution in [0.2, 0.25) is 0 Å². The molecule has 0 aliphatic carbocycles. The highest BCUT2D eigenvalue weighted by atomic mass is 79.9. The Bertz CT molecular complexity index is 350. The number of ether oxygens (including phenoxy) is 2. The van der Waals surface area contributed by atoms with Crippen molar-refractivity contribution in [1.82, 2.24) is 9.97 Å². The number of nitrogens with zero attached hydrogens (tertiary/aromatic N) is 3. The first-order valence-electron chi connectivity index (χ1n) is 5.97. The molecule has 0 spiro atoms. The van der Waals surface area contributed by atoms with Gasteiger partial charge in [-0.25, -0.2) is 4.98 Å². The number of aromatic nitrogens is 2. The molecule has 1 aromatic rings. The molecule has 0 saturated carbocycles. The van der Waals surface area contributed by atoms with Gasteiger partial charge in [0.25, 0.3) is 0 Å². The second kappa shape index (κ2) is 8.26. The first-order chi connectivity index (χ1) is 8.67. The van der Waals surface area contributed by atoms with Crippen molar-refractivity contribution in [3.05, 3.63) is 12.3 Å². The maximum atomic E-state index is 5.57. The first-order valence-corrected chi connectivity index (χ1v) is 7.09. The monoisotopic (exact) mass is 317 g/mol. The summed E-state index contributed by atoms with van der Waals surface area (Å²) in [6.45, 7) is 6.18. The van der Waals surface area contributed by atoms with Gasteiger partial charge >= 0.3 is 0 Å². The second-order valence-electron chi connectivity index (χ2n) is 4.03. The Morgan fingerprint density at radius 2 is 2.17 bits per heavy atom. The fraction of sp³-hybridized carbons (Fsp3) is 0.667. The number of hydrogen-bond acceptors (Lipinski definition) is 5. The van der Waals surface area contributed by atoms with Crippen LogP contribution in [0.25, 0.3) is 0 Å². The summed E-state index contributed by atoms with van der Waals surface area (Å²) in [4.78, 5) is 10.7. The Kier molecular flexibility index (Phi) is 6.97. The van der Waals surface area contributed by atoms with Gasteiger partial charge in [0.2, 0.25) is 11.8 Å². The van der Waals surface area contributed by atoms with E-state index in [1.165, 1.54) is 0 Å². The van der Waals surface area contributed by atoms with Crippen molar-refractivity contribution in [1.29, 1.82) is 0 Å². The molecule has 18 heavy (non-hydrogen) atoms. The second-order valence-corrected chi connectivity index (χ2v) is 4.82. The molecule has 1 rings (SSSR count). The lowest BCUT2D eigenvalue weighted by atomic mass is 10.5. The smallest absolute Gasteiger partial charge is 0.228 e. The predicted molar refractivity (Wildman–Crippen MR) is 75.7 cm³/mol. The zero-order chi connectivity index (χ0) is 13.4. The molecule has 6 heteroatoms. The number of anilines is 1. The van der Waals surface area contributed by atoms with Crippen molar-refractivity contribution in [2.24, 2.45) is 0 Å². The van der Waals surface area contributed by atoms with E-state index in [1.807, 2.05) is 13.8 Å². The highest BCUT2D eigenvalue weighted by molar-refractivity contribution is 9.09. The van der Waals surface area contributed by atoms with Gasteiger partial charge in [0.15, 0.2) is 0 Å². The molecule has 0 aliphatic heterocycles. The van der Waals surface area contributed by atoms with E-state index in [-0.39, 0.29) is 6.10 Å². The highest BCUT2D eigenvalue weighted by Crippen LogP contribution is 2.14. The van der Waals surface area contributed by atoms with E-state index in [2.05, 4.69) is 30.8 Å². The Balaban J connectivity index is 2.76. The third-order valence-corrected chi connectivity index (χ3v) is 2.53. The van der Waals surface area contributed by atoms with E-state index in [4.69, 9.17) is 9.47 Å². The number of alkyl halides is 1. The molecule has 1 heterocycles. The molecule has 1 aromatic heterocycles. The van der Waals surface area contributed by atoms with Crippen molar-refractivity contribution >= 4 is 21.9 Å². The first kappa shape index (κ1) is 15.2. The van der Waals surface area contributed by atoms with E-state index >= 15 is 0 Å². The van der Waals surface area contributed by atoms with Crippen molar-refractivity contribution < 1.29 is 9.47 Å². The Labute approximate surface area is 117 Å². The van der Waals surface area contributed by atoms with Gasteiger partial charge < -0.3 is 14.4 Å². The molecule has 102 valence electrons. The third kappa shape index (κ3) is 5.18. The summed E-state index contributed by atoms with van der Waals surface area (Å²) in [5.74, 6) is 1.27. The van der Waals surface area contributed by atoms with Crippen molar-refractivity contribution in [3.63, 3.8) is 0 Å². The van der Waals surface area contributed by atoms with Crippen LogP contribution < -0.4 is 9.64 Å². The Morgan fingerprint density at radius 3 is 2.78 bits per heavy atom. The molecule has 0 aliphatic rings. The van der Waals surface area contributed by atoms with Gasteiger partial charge in [-0.05, 0) is 13.8 Å². The molecule has 0 bridgehead atoms. The summed E-state index contributed by atoms with van der Waals surface area (Å²) in [6.07, 6.45) is 1.82. The molecule has 0 radical (unpaired) electrons. The van der Waals surface area contributed by atoms with Gasteiger partial charge in [-0.1, -0.05) is 15.9 Å². The molecular weight excluding hydrogens is 298 g/mol. The molecule has 0 saturated heterocycles. The summed E-state index contributed by atoms with van der Waals surface area (Å²) in [7, 11) is 1.69. The summed E-state index contributed by atoms with van der Waals surface area (Å²) < 4.78 is 10.7. The SMILES string of the molecule is COCCN(CCBr)c1nccc(OC(C)C)n1. The quantitative estimate of drug-likeness (QED) is 0.687. The summed E-state index contributed by atoms with van der Waals surface area (Å²) in [5.41, 5.74) is 0. The average Bonchev–Trinajstić information content (AvgIpc) is 2.34. The van der Waals surface area contributed by atoms with Crippen molar-refractivity contribution in [2.75, 3.05) is 37.0 Å². The van der Waals surface area contributed by atoms with Crippen LogP contribution in [-0.2, 0) is 4.74 Å². The largest absolute Gasteiger partial charge is 0.475 e. The molecule has 5 nitrogen and oxygen atoms in total. The molecule has 0 N–H and O–H groups in total. The van der Waals surface area contributed by atoms with Gasteiger partial charge in [-0.2, -0.15) is 4.98 Å². The maximum absolute atomic E-state index is 5.57. The van der Waals surface area contributed by atoms with Crippen molar-refractivity contribution in [2.45, 2.75) is 20.0 Å². The number of rotatable bonds is 8. The van der Waals surface area contributed by atoms with E-state index in [0.717, 1.165) is 18.4 Å². The van der Waals surface area contributed by atoms with E-state index < -0.39 is 0 Å². The van der Waals surface area contributed by atoms with Crippen LogP contribution in [0.5, 0.6) is 5.88 Å². The topological polar surface area (TPSA) is 47.5 Å². The Hall–Kier alpha value is -0.880. The van der Waals surface area contributed by atoms with Crippen LogP contribution in [0.4, 0.5) is 5.95 Å². The predicted octanol–water partition coefficient (Wildman–Crippen LogP) is 2.11. The lowest BCUT2D eigenvalue weighted by Crippen LogP contribution is -2.30. The molecule has 0 unspecified atom stereocenters. The zero-order valence-electron chi connectivity index (χ0n) is 11.1. The maximum Gasteiger partial charge on any atom is 0.228 e. The Morgan fingerprint density at radius 1 is 1.39 bits per heavy atom. The lowest BCUT2D eigenvalue weighted by Gasteiger charge is -2.21. The number of hydrogen-bond donors (Lipinski definition) is 0. The van der Waals surface area contributed by atoms with E-state index in [1.54, 1.807) is 19.4 Å². The fourth-order valence-electron chi connectivity index (χ4n) is 1.41. The minimum atomic E-state index is 0.108. The van der Waals surface area contributed by atoms with Gasteiger partial charge in [0.05, 0.1) is 12.7 Å².